The molecule has 0 saturated heterocycles. The minimum Gasteiger partial charge on any atom is -0.444 e. The summed E-state index contributed by atoms with van der Waals surface area (Å²) < 4.78 is 14.8. The number of hydrogen-bond donors (Lipinski definition) is 3. The number of carbonyl (C=O) groups excluding carboxylic acids is 2. The van der Waals surface area contributed by atoms with Crippen molar-refractivity contribution >= 4 is 12.2 Å². The van der Waals surface area contributed by atoms with E-state index in [1.165, 1.54) is 11.3 Å². The van der Waals surface area contributed by atoms with Crippen molar-refractivity contribution in [3.05, 3.63) is 71.3 Å². The molecule has 0 radical (unpaired) electrons. The fourth-order valence-corrected chi connectivity index (χ4v) is 4.87. The zero-order chi connectivity index (χ0) is 31.0. The van der Waals surface area contributed by atoms with Crippen LogP contribution in [0.4, 0.5) is 9.59 Å². The van der Waals surface area contributed by atoms with Crippen molar-refractivity contribution in [2.24, 2.45) is 0 Å². The largest absolute Gasteiger partial charge is 0.444 e. The molecule has 0 aliphatic carbocycles. The van der Waals surface area contributed by atoms with E-state index >= 15 is 0 Å². The van der Waals surface area contributed by atoms with Crippen molar-refractivity contribution in [3.63, 3.8) is 0 Å². The van der Waals surface area contributed by atoms with Crippen LogP contribution in [0.2, 0.25) is 0 Å². The number of imidazole rings is 2. The van der Waals surface area contributed by atoms with Crippen LogP contribution in [0.15, 0.2) is 42.7 Å². The lowest BCUT2D eigenvalue weighted by atomic mass is 10.2. The summed E-state index contributed by atoms with van der Waals surface area (Å²) in [6.07, 6.45) is 2.93. The highest BCUT2D eigenvalue weighted by molar-refractivity contribution is 5.67. The summed E-state index contributed by atoms with van der Waals surface area (Å²) in [5, 5.41) is 8.79. The molecule has 43 heavy (non-hydrogen) atoms. The first-order valence-corrected chi connectivity index (χ1v) is 14.8. The Labute approximate surface area is 254 Å². The molecule has 234 valence electrons. The van der Waals surface area contributed by atoms with Crippen LogP contribution in [0.25, 0.3) is 0 Å². The van der Waals surface area contributed by atoms with E-state index in [2.05, 4.69) is 64.2 Å². The average molecular weight is 595 g/mol. The van der Waals surface area contributed by atoms with E-state index in [-0.39, 0.29) is 0 Å². The molecule has 1 aromatic carbocycles. The smallest absolute Gasteiger partial charge is 0.408 e. The van der Waals surface area contributed by atoms with Gasteiger partial charge >= 0.3 is 12.2 Å². The Morgan fingerprint density at radius 1 is 0.814 bits per heavy atom. The van der Waals surface area contributed by atoms with Gasteiger partial charge in [-0.1, -0.05) is 30.3 Å². The lowest BCUT2D eigenvalue weighted by molar-refractivity contribution is 0.0510. The van der Waals surface area contributed by atoms with Crippen LogP contribution in [-0.4, -0.2) is 60.5 Å². The van der Waals surface area contributed by atoms with Gasteiger partial charge in [-0.25, -0.2) is 19.6 Å². The van der Waals surface area contributed by atoms with E-state index in [1.807, 2.05) is 60.0 Å². The van der Waals surface area contributed by atoms with Gasteiger partial charge in [-0.2, -0.15) is 0 Å². The summed E-state index contributed by atoms with van der Waals surface area (Å²) in [6.45, 7) is 18.2. The van der Waals surface area contributed by atoms with Gasteiger partial charge in [-0.3, -0.25) is 4.90 Å². The van der Waals surface area contributed by atoms with Crippen molar-refractivity contribution in [1.82, 2.24) is 40.0 Å². The second kappa shape index (κ2) is 14.0. The van der Waals surface area contributed by atoms with Gasteiger partial charge in [0.15, 0.2) is 0 Å². The lowest BCUT2D eigenvalue weighted by Gasteiger charge is -2.29. The minimum absolute atomic E-state index is 0.383. The predicted octanol–water partition coefficient (Wildman–Crippen LogP) is 3.93. The molecule has 0 fully saturated rings. The average Bonchev–Trinajstić information content (AvgIpc) is 3.53. The fourth-order valence-electron chi connectivity index (χ4n) is 4.87. The van der Waals surface area contributed by atoms with Crippen molar-refractivity contribution in [3.8, 4) is 0 Å². The highest BCUT2D eigenvalue weighted by atomic mass is 16.6. The summed E-state index contributed by atoms with van der Waals surface area (Å²) in [5.41, 5.74) is 2.70. The van der Waals surface area contributed by atoms with Gasteiger partial charge < -0.3 is 34.6 Å². The summed E-state index contributed by atoms with van der Waals surface area (Å²) in [6, 6.07) is 10.5. The summed E-state index contributed by atoms with van der Waals surface area (Å²) in [4.78, 5) is 34.5. The van der Waals surface area contributed by atoms with Crippen LogP contribution >= 0.6 is 0 Å². The Hall–Kier alpha value is -3.90. The fraction of sp³-hybridized carbons (Fsp3) is 0.548. The van der Waals surface area contributed by atoms with Crippen LogP contribution in [-0.2, 0) is 55.3 Å². The molecular formula is C31H46N8O4. The molecule has 0 bridgehead atoms. The zero-order valence-corrected chi connectivity index (χ0v) is 26.3. The first-order valence-electron chi connectivity index (χ1n) is 14.8. The number of ether oxygens (including phenoxy) is 2. The SMILES string of the molecule is CC(C)(C)OC(=O)NCc1ncc2n1CCN(Cc1ccccc1)C2.CC(C)(C)OC(=O)NCc1ncc2n1CCNC2. The van der Waals surface area contributed by atoms with Crippen molar-refractivity contribution in [2.75, 3.05) is 13.1 Å². The molecule has 5 rings (SSSR count). The predicted molar refractivity (Wildman–Crippen MR) is 163 cm³/mol. The first-order chi connectivity index (χ1) is 20.4. The highest BCUT2D eigenvalue weighted by Crippen LogP contribution is 2.17. The van der Waals surface area contributed by atoms with E-state index in [1.54, 1.807) is 0 Å². The third-order valence-electron chi connectivity index (χ3n) is 6.71. The Balaban J connectivity index is 0.000000208. The van der Waals surface area contributed by atoms with E-state index < -0.39 is 23.4 Å². The molecule has 3 N–H and O–H groups in total. The number of aromatic nitrogens is 4. The Bertz CT molecular complexity index is 1350. The van der Waals surface area contributed by atoms with Crippen LogP contribution < -0.4 is 16.0 Å². The maximum atomic E-state index is 11.8. The second-order valence-corrected chi connectivity index (χ2v) is 12.7. The van der Waals surface area contributed by atoms with E-state index in [9.17, 15) is 9.59 Å². The molecule has 2 aromatic heterocycles. The molecule has 0 unspecified atom stereocenters. The zero-order valence-electron chi connectivity index (χ0n) is 26.3. The van der Waals surface area contributed by atoms with Crippen molar-refractivity contribution < 1.29 is 19.1 Å². The number of fused-ring (bicyclic) bond motifs is 2. The standard InChI is InChI=1S/C19H26N4O2.C12H20N4O2/c1-19(2,3)25-18(24)21-12-17-20-11-16-14-22(9-10-23(16)17)13-15-7-5-4-6-8-15;1-12(2,3)18-11(17)15-8-10-14-7-9-6-13-4-5-16(9)10/h4-8,11H,9-10,12-14H2,1-3H3,(H,21,24);7,13H,4-6,8H2,1-3H3,(H,15,17). The molecule has 2 aliphatic heterocycles. The number of nitrogens with one attached hydrogen (secondary N) is 3. The van der Waals surface area contributed by atoms with Crippen LogP contribution in [0.3, 0.4) is 0 Å². The van der Waals surface area contributed by atoms with Gasteiger partial charge in [0.25, 0.3) is 0 Å². The van der Waals surface area contributed by atoms with Crippen LogP contribution in [0, 0.1) is 0 Å². The molecule has 0 spiro atoms. The normalized spacial score (nSPS) is 14.9. The van der Waals surface area contributed by atoms with Crippen molar-refractivity contribution in [1.29, 1.82) is 0 Å². The number of amides is 2. The third kappa shape index (κ3) is 10.1. The van der Waals surface area contributed by atoms with Gasteiger partial charge in [0.2, 0.25) is 0 Å². The maximum absolute atomic E-state index is 11.8. The van der Waals surface area contributed by atoms with Gasteiger partial charge in [0.05, 0.1) is 24.5 Å². The van der Waals surface area contributed by atoms with E-state index in [0.717, 1.165) is 63.2 Å². The number of nitrogens with zero attached hydrogens (tertiary/aromatic N) is 5. The number of alkyl carbamates (subject to hydrolysis) is 2. The summed E-state index contributed by atoms with van der Waals surface area (Å²) in [7, 11) is 0. The Morgan fingerprint density at radius 3 is 1.95 bits per heavy atom. The van der Waals surface area contributed by atoms with E-state index in [4.69, 9.17) is 9.47 Å². The summed E-state index contributed by atoms with van der Waals surface area (Å²) >= 11 is 0. The van der Waals surface area contributed by atoms with Crippen molar-refractivity contribution in [2.45, 2.75) is 98.6 Å². The Morgan fingerprint density at radius 2 is 1.37 bits per heavy atom. The molecule has 3 aromatic rings. The second-order valence-electron chi connectivity index (χ2n) is 12.7. The van der Waals surface area contributed by atoms with Gasteiger partial charge in [0.1, 0.15) is 22.9 Å². The molecule has 0 saturated carbocycles. The molecular weight excluding hydrogens is 548 g/mol. The highest BCUT2D eigenvalue weighted by Gasteiger charge is 2.21. The number of carbonyl (C=O) groups is 2. The maximum Gasteiger partial charge on any atom is 0.408 e. The van der Waals surface area contributed by atoms with Crippen LogP contribution in [0.5, 0.6) is 0 Å². The van der Waals surface area contributed by atoms with Gasteiger partial charge in [-0.05, 0) is 47.1 Å². The van der Waals surface area contributed by atoms with Gasteiger partial charge in [-0.15, -0.1) is 0 Å². The summed E-state index contributed by atoms with van der Waals surface area (Å²) in [5.74, 6) is 1.75. The van der Waals surface area contributed by atoms with E-state index in [0.29, 0.717) is 13.1 Å². The minimum atomic E-state index is -0.492. The monoisotopic (exact) mass is 594 g/mol. The molecule has 4 heterocycles. The quantitative estimate of drug-likeness (QED) is 0.392. The first kappa shape index (κ1) is 32.0. The number of benzene rings is 1. The third-order valence-corrected chi connectivity index (χ3v) is 6.71. The molecule has 12 nitrogen and oxygen atoms in total. The lowest BCUT2D eigenvalue weighted by Crippen LogP contribution is -2.35. The number of hydrogen-bond acceptors (Lipinski definition) is 8. The van der Waals surface area contributed by atoms with Crippen LogP contribution in [0.1, 0.15) is 70.1 Å². The molecule has 12 heteroatoms. The molecule has 2 amide bonds. The number of rotatable bonds is 6. The molecule has 2 aliphatic rings. The molecule has 0 atom stereocenters. The topological polar surface area (TPSA) is 128 Å². The Kier molecular flexibility index (Phi) is 10.5. The van der Waals surface area contributed by atoms with Gasteiger partial charge in [0, 0.05) is 58.2 Å².